The molecule has 3 N–H and O–H groups in total. The second-order valence-corrected chi connectivity index (χ2v) is 6.11. The number of benzene rings is 1. The van der Waals surface area contributed by atoms with Crippen LogP contribution in [-0.4, -0.2) is 38.1 Å². The predicted octanol–water partition coefficient (Wildman–Crippen LogP) is 2.22. The zero-order valence-electron chi connectivity index (χ0n) is 16.1. The molecule has 0 heterocycles. The second-order valence-electron chi connectivity index (χ2n) is 6.11. The van der Waals surface area contributed by atoms with Crippen molar-refractivity contribution in [2.75, 3.05) is 26.2 Å². The molecule has 0 aromatic heterocycles. The minimum Gasteiger partial charge on any atom is -0.494 e. The van der Waals surface area contributed by atoms with Crippen LogP contribution >= 0.6 is 0 Å². The highest BCUT2D eigenvalue weighted by molar-refractivity contribution is 5.80. The van der Waals surface area contributed by atoms with Gasteiger partial charge in [0.25, 0.3) is 0 Å². The van der Waals surface area contributed by atoms with Crippen molar-refractivity contribution in [3.8, 4) is 5.75 Å². The number of nitrogens with zero attached hydrogens (tertiary/aromatic N) is 1. The number of hydrogen-bond donors (Lipinski definition) is 3. The zero-order valence-corrected chi connectivity index (χ0v) is 16.1. The van der Waals surface area contributed by atoms with Gasteiger partial charge in [-0.3, -0.25) is 4.79 Å². The molecule has 1 rings (SSSR count). The van der Waals surface area contributed by atoms with Gasteiger partial charge in [-0.2, -0.15) is 0 Å². The highest BCUT2D eigenvalue weighted by Gasteiger charge is 2.06. The summed E-state index contributed by atoms with van der Waals surface area (Å²) in [5, 5.41) is 9.32. The van der Waals surface area contributed by atoms with Gasteiger partial charge in [0.15, 0.2) is 5.96 Å². The third kappa shape index (κ3) is 7.92. The van der Waals surface area contributed by atoms with Crippen molar-refractivity contribution in [1.29, 1.82) is 0 Å². The van der Waals surface area contributed by atoms with Crippen molar-refractivity contribution in [3.63, 3.8) is 0 Å². The molecule has 0 aliphatic heterocycles. The van der Waals surface area contributed by atoms with E-state index in [0.717, 1.165) is 23.8 Å². The molecule has 25 heavy (non-hydrogen) atoms. The van der Waals surface area contributed by atoms with Crippen LogP contribution in [0.15, 0.2) is 23.2 Å². The molecule has 6 nitrogen and oxygen atoms in total. The minimum atomic E-state index is 0.000397. The Bertz CT molecular complexity index is 571. The fourth-order valence-electron chi connectivity index (χ4n) is 2.16. The van der Waals surface area contributed by atoms with Gasteiger partial charge in [-0.15, -0.1) is 0 Å². The fourth-order valence-corrected chi connectivity index (χ4v) is 2.16. The molecule has 0 saturated carbocycles. The van der Waals surface area contributed by atoms with Crippen LogP contribution in [0.5, 0.6) is 5.75 Å². The van der Waals surface area contributed by atoms with E-state index in [2.05, 4.69) is 33.1 Å². The Morgan fingerprint density at radius 2 is 1.88 bits per heavy atom. The van der Waals surface area contributed by atoms with Crippen molar-refractivity contribution in [2.24, 2.45) is 10.9 Å². The van der Waals surface area contributed by atoms with Gasteiger partial charge in [-0.05, 0) is 32.4 Å². The van der Waals surface area contributed by atoms with Crippen LogP contribution in [0.4, 0.5) is 0 Å². The molecule has 0 saturated heterocycles. The summed E-state index contributed by atoms with van der Waals surface area (Å²) >= 11 is 0. The maximum Gasteiger partial charge on any atom is 0.222 e. The summed E-state index contributed by atoms with van der Waals surface area (Å²) < 4.78 is 5.70. The number of carbonyl (C=O) groups excluding carboxylic acids is 1. The quantitative estimate of drug-likeness (QED) is 0.363. The number of hydrogen-bond acceptors (Lipinski definition) is 3. The standard InChI is InChI=1S/C19H32N4O2/c1-6-20-19(22-11-10-21-18(24)14(3)4)23-13-16-9-8-15(5)12-17(16)25-7-2/h8-9,12,14H,6-7,10-11,13H2,1-5H3,(H,21,24)(H2,20,22,23). The summed E-state index contributed by atoms with van der Waals surface area (Å²) in [5.74, 6) is 1.67. The van der Waals surface area contributed by atoms with E-state index in [-0.39, 0.29) is 11.8 Å². The van der Waals surface area contributed by atoms with E-state index < -0.39 is 0 Å². The first-order valence-corrected chi connectivity index (χ1v) is 9.00. The lowest BCUT2D eigenvalue weighted by molar-refractivity contribution is -0.123. The highest BCUT2D eigenvalue weighted by atomic mass is 16.5. The lowest BCUT2D eigenvalue weighted by Crippen LogP contribution is -2.42. The summed E-state index contributed by atoms with van der Waals surface area (Å²) in [4.78, 5) is 16.2. The fraction of sp³-hybridized carbons (Fsp3) is 0.579. The Kier molecular flexibility index (Phi) is 9.43. The van der Waals surface area contributed by atoms with Crippen LogP contribution < -0.4 is 20.7 Å². The molecular weight excluding hydrogens is 316 g/mol. The molecule has 140 valence electrons. The summed E-state index contributed by atoms with van der Waals surface area (Å²) in [5.41, 5.74) is 2.22. The van der Waals surface area contributed by atoms with Gasteiger partial charge in [0.2, 0.25) is 5.91 Å². The minimum absolute atomic E-state index is 0.000397. The van der Waals surface area contributed by atoms with E-state index in [1.54, 1.807) is 0 Å². The molecule has 0 fully saturated rings. The molecule has 0 unspecified atom stereocenters. The van der Waals surface area contributed by atoms with Gasteiger partial charge in [0, 0.05) is 31.1 Å². The number of rotatable bonds is 9. The molecule has 0 radical (unpaired) electrons. The number of ether oxygens (including phenoxy) is 1. The average Bonchev–Trinajstić information content (AvgIpc) is 2.57. The SMILES string of the molecule is CCNC(=NCc1ccc(C)cc1OCC)NCCNC(=O)C(C)C. The molecule has 1 aromatic rings. The van der Waals surface area contributed by atoms with E-state index in [1.165, 1.54) is 5.56 Å². The monoisotopic (exact) mass is 348 g/mol. The number of nitrogens with one attached hydrogen (secondary N) is 3. The van der Waals surface area contributed by atoms with Gasteiger partial charge in [0.05, 0.1) is 13.2 Å². The largest absolute Gasteiger partial charge is 0.494 e. The zero-order chi connectivity index (χ0) is 18.7. The molecule has 0 aliphatic carbocycles. The van der Waals surface area contributed by atoms with Gasteiger partial charge in [-0.1, -0.05) is 26.0 Å². The Hall–Kier alpha value is -2.24. The molecule has 1 aromatic carbocycles. The van der Waals surface area contributed by atoms with E-state index in [4.69, 9.17) is 4.74 Å². The van der Waals surface area contributed by atoms with Crippen molar-refractivity contribution in [1.82, 2.24) is 16.0 Å². The van der Waals surface area contributed by atoms with Gasteiger partial charge < -0.3 is 20.7 Å². The van der Waals surface area contributed by atoms with Crippen LogP contribution in [-0.2, 0) is 11.3 Å². The molecular formula is C19H32N4O2. The van der Waals surface area contributed by atoms with Crippen LogP contribution in [0.3, 0.4) is 0 Å². The van der Waals surface area contributed by atoms with Crippen LogP contribution in [0.1, 0.15) is 38.8 Å². The molecule has 0 atom stereocenters. The van der Waals surface area contributed by atoms with Crippen molar-refractivity contribution < 1.29 is 9.53 Å². The summed E-state index contributed by atoms with van der Waals surface area (Å²) in [7, 11) is 0. The highest BCUT2D eigenvalue weighted by Crippen LogP contribution is 2.21. The van der Waals surface area contributed by atoms with Gasteiger partial charge in [-0.25, -0.2) is 4.99 Å². The molecule has 0 aliphatic rings. The predicted molar refractivity (Wildman–Crippen MR) is 103 cm³/mol. The van der Waals surface area contributed by atoms with E-state index in [1.807, 2.05) is 40.7 Å². The first kappa shape index (κ1) is 20.8. The van der Waals surface area contributed by atoms with Crippen LogP contribution in [0.2, 0.25) is 0 Å². The van der Waals surface area contributed by atoms with Crippen molar-refractivity contribution in [2.45, 2.75) is 41.2 Å². The summed E-state index contributed by atoms with van der Waals surface area (Å²) in [6.45, 7) is 12.9. The third-order valence-electron chi connectivity index (χ3n) is 3.52. The van der Waals surface area contributed by atoms with E-state index >= 15 is 0 Å². The number of guanidine groups is 1. The van der Waals surface area contributed by atoms with E-state index in [0.29, 0.717) is 26.2 Å². The Balaban J connectivity index is 2.62. The molecule has 6 heteroatoms. The average molecular weight is 348 g/mol. The van der Waals surface area contributed by atoms with Gasteiger partial charge in [0.1, 0.15) is 5.75 Å². The molecule has 0 spiro atoms. The topological polar surface area (TPSA) is 74.8 Å². The molecule has 1 amide bonds. The third-order valence-corrected chi connectivity index (χ3v) is 3.52. The number of amides is 1. The van der Waals surface area contributed by atoms with Crippen molar-refractivity contribution in [3.05, 3.63) is 29.3 Å². The Morgan fingerprint density at radius 1 is 1.16 bits per heavy atom. The van der Waals surface area contributed by atoms with E-state index in [9.17, 15) is 4.79 Å². The lowest BCUT2D eigenvalue weighted by Gasteiger charge is -2.14. The second kappa shape index (κ2) is 11.3. The maximum absolute atomic E-state index is 11.6. The first-order chi connectivity index (χ1) is 12.0. The number of aliphatic imine (C=N–C) groups is 1. The maximum atomic E-state index is 11.6. The van der Waals surface area contributed by atoms with Crippen molar-refractivity contribution >= 4 is 11.9 Å². The van der Waals surface area contributed by atoms with Crippen LogP contribution in [0, 0.1) is 12.8 Å². The first-order valence-electron chi connectivity index (χ1n) is 9.00. The smallest absolute Gasteiger partial charge is 0.222 e. The van der Waals surface area contributed by atoms with Crippen LogP contribution in [0.25, 0.3) is 0 Å². The lowest BCUT2D eigenvalue weighted by atomic mass is 10.1. The Labute approximate surface area is 151 Å². The van der Waals surface area contributed by atoms with Gasteiger partial charge >= 0.3 is 0 Å². The normalized spacial score (nSPS) is 11.4. The molecule has 0 bridgehead atoms. The number of carbonyl (C=O) groups is 1. The summed E-state index contributed by atoms with van der Waals surface area (Å²) in [6, 6.07) is 6.15. The number of aryl methyl sites for hydroxylation is 1. The Morgan fingerprint density at radius 3 is 2.52 bits per heavy atom. The summed E-state index contributed by atoms with van der Waals surface area (Å²) in [6.07, 6.45) is 0.